The fourth-order valence-electron chi connectivity index (χ4n) is 1.38. The summed E-state index contributed by atoms with van der Waals surface area (Å²) in [6.45, 7) is 2.89. The summed E-state index contributed by atoms with van der Waals surface area (Å²) in [7, 11) is 1.62. The third kappa shape index (κ3) is 1.42. The monoisotopic (exact) mass is 186 g/mol. The number of hydrogen-bond acceptors (Lipinski definition) is 2. The van der Waals surface area contributed by atoms with E-state index in [9.17, 15) is 8.78 Å². The molecule has 0 aromatic rings. The Morgan fingerprint density at radius 1 is 1.23 bits per heavy atom. The van der Waals surface area contributed by atoms with Crippen molar-refractivity contribution in [3.8, 4) is 0 Å². The first-order valence-electron chi connectivity index (χ1n) is 3.99. The van der Waals surface area contributed by atoms with E-state index >= 15 is 0 Å². The van der Waals surface area contributed by atoms with Crippen molar-refractivity contribution in [1.29, 1.82) is 5.41 Å². The average Bonchev–Trinajstić information content (AvgIpc) is 2.13. The molecular formula is C9H12F2N2. The van der Waals surface area contributed by atoms with Gasteiger partial charge in [-0.2, -0.15) is 0 Å². The maximum absolute atomic E-state index is 13.1. The van der Waals surface area contributed by atoms with Crippen molar-refractivity contribution >= 4 is 5.71 Å². The van der Waals surface area contributed by atoms with Gasteiger partial charge in [0, 0.05) is 5.57 Å². The number of hydrogen-bond donors (Lipinski definition) is 2. The molecule has 0 heterocycles. The molecule has 0 saturated carbocycles. The molecule has 0 radical (unpaired) electrons. The SMILES string of the molecule is CNC1C(=N)C(C)=C(F)C(F)=C1C. The Kier molecular flexibility index (Phi) is 2.61. The molecule has 13 heavy (non-hydrogen) atoms. The van der Waals surface area contributed by atoms with Gasteiger partial charge in [-0.15, -0.1) is 0 Å². The highest BCUT2D eigenvalue weighted by atomic mass is 19.2. The van der Waals surface area contributed by atoms with Crippen LogP contribution >= 0.6 is 0 Å². The molecule has 1 atom stereocenters. The number of likely N-dealkylation sites (N-methyl/N-ethyl adjacent to an activating group) is 1. The maximum atomic E-state index is 13.1. The van der Waals surface area contributed by atoms with Crippen LogP contribution in [-0.4, -0.2) is 18.8 Å². The van der Waals surface area contributed by atoms with Crippen molar-refractivity contribution in [1.82, 2.24) is 5.32 Å². The van der Waals surface area contributed by atoms with Crippen LogP contribution in [0.25, 0.3) is 0 Å². The van der Waals surface area contributed by atoms with E-state index in [-0.39, 0.29) is 16.9 Å². The summed E-state index contributed by atoms with van der Waals surface area (Å²) in [5.74, 6) is -1.75. The standard InChI is InChI=1S/C9H12F2N2/c1-4-6(10)7(11)5(2)9(13-3)8(4)12/h9,12-13H,1-3H3. The van der Waals surface area contributed by atoms with Gasteiger partial charge in [0.1, 0.15) is 0 Å². The lowest BCUT2D eigenvalue weighted by atomic mass is 9.91. The zero-order valence-corrected chi connectivity index (χ0v) is 7.83. The van der Waals surface area contributed by atoms with E-state index in [0.717, 1.165) is 0 Å². The zero-order chi connectivity index (χ0) is 10.2. The smallest absolute Gasteiger partial charge is 0.163 e. The number of rotatable bonds is 1. The van der Waals surface area contributed by atoms with Crippen LogP contribution in [0.3, 0.4) is 0 Å². The summed E-state index contributed by atoms with van der Waals surface area (Å²) in [6.07, 6.45) is 0. The Labute approximate surface area is 75.8 Å². The minimum atomic E-state index is -0.908. The van der Waals surface area contributed by atoms with Crippen LogP contribution in [0.5, 0.6) is 0 Å². The number of nitrogens with one attached hydrogen (secondary N) is 2. The van der Waals surface area contributed by atoms with Crippen LogP contribution in [0.1, 0.15) is 13.8 Å². The summed E-state index contributed by atoms with van der Waals surface area (Å²) < 4.78 is 26.2. The fraction of sp³-hybridized carbons (Fsp3) is 0.444. The van der Waals surface area contributed by atoms with E-state index in [0.29, 0.717) is 0 Å². The predicted molar refractivity (Wildman–Crippen MR) is 48.2 cm³/mol. The van der Waals surface area contributed by atoms with Crippen LogP contribution in [0.2, 0.25) is 0 Å². The Bertz CT molecular complexity index is 316. The molecule has 0 fully saturated rings. The first-order chi connectivity index (χ1) is 6.00. The van der Waals surface area contributed by atoms with Crippen LogP contribution in [0, 0.1) is 5.41 Å². The van der Waals surface area contributed by atoms with Gasteiger partial charge in [0.15, 0.2) is 11.7 Å². The van der Waals surface area contributed by atoms with E-state index < -0.39 is 17.7 Å². The molecule has 2 N–H and O–H groups in total. The van der Waals surface area contributed by atoms with Gasteiger partial charge in [-0.05, 0) is 26.5 Å². The molecule has 1 aliphatic carbocycles. The molecule has 0 bridgehead atoms. The van der Waals surface area contributed by atoms with Crippen molar-refractivity contribution in [2.75, 3.05) is 7.05 Å². The molecule has 0 amide bonds. The summed E-state index contributed by atoms with van der Waals surface area (Å²) in [4.78, 5) is 0. The predicted octanol–water partition coefficient (Wildman–Crippen LogP) is 2.09. The van der Waals surface area contributed by atoms with E-state index in [4.69, 9.17) is 5.41 Å². The van der Waals surface area contributed by atoms with Gasteiger partial charge >= 0.3 is 0 Å². The van der Waals surface area contributed by atoms with Gasteiger partial charge in [-0.1, -0.05) is 0 Å². The Morgan fingerprint density at radius 2 is 1.77 bits per heavy atom. The third-order valence-corrected chi connectivity index (χ3v) is 2.28. The van der Waals surface area contributed by atoms with Crippen LogP contribution in [0.4, 0.5) is 8.78 Å². The first-order valence-corrected chi connectivity index (χ1v) is 3.99. The molecule has 1 unspecified atom stereocenters. The lowest BCUT2D eigenvalue weighted by Crippen LogP contribution is -2.38. The van der Waals surface area contributed by atoms with Gasteiger partial charge in [-0.3, -0.25) is 0 Å². The second-order valence-corrected chi connectivity index (χ2v) is 3.07. The van der Waals surface area contributed by atoms with Crippen molar-refractivity contribution < 1.29 is 8.78 Å². The molecule has 1 rings (SSSR count). The van der Waals surface area contributed by atoms with Crippen molar-refractivity contribution in [2.24, 2.45) is 0 Å². The maximum Gasteiger partial charge on any atom is 0.163 e. The van der Waals surface area contributed by atoms with Gasteiger partial charge in [-0.25, -0.2) is 8.78 Å². The second kappa shape index (κ2) is 3.38. The lowest BCUT2D eigenvalue weighted by molar-refractivity contribution is 0.518. The number of halogens is 2. The van der Waals surface area contributed by atoms with Gasteiger partial charge in [0.05, 0.1) is 11.8 Å². The number of allylic oxidation sites excluding steroid dienone is 2. The minimum absolute atomic E-state index is 0.0717. The van der Waals surface area contributed by atoms with Gasteiger partial charge in [0.25, 0.3) is 0 Å². The van der Waals surface area contributed by atoms with Crippen LogP contribution in [-0.2, 0) is 0 Å². The molecule has 4 heteroatoms. The molecule has 0 aromatic carbocycles. The lowest BCUT2D eigenvalue weighted by Gasteiger charge is -2.23. The molecular weight excluding hydrogens is 174 g/mol. The highest BCUT2D eigenvalue weighted by Crippen LogP contribution is 2.29. The normalized spacial score (nSPS) is 24.4. The second-order valence-electron chi connectivity index (χ2n) is 3.07. The first kappa shape index (κ1) is 10.1. The van der Waals surface area contributed by atoms with Crippen molar-refractivity contribution in [3.63, 3.8) is 0 Å². The topological polar surface area (TPSA) is 35.9 Å². The van der Waals surface area contributed by atoms with Gasteiger partial charge in [0.2, 0.25) is 0 Å². The Hall–Kier alpha value is -1.03. The largest absolute Gasteiger partial charge is 0.308 e. The molecule has 1 aliphatic rings. The highest BCUT2D eigenvalue weighted by Gasteiger charge is 2.28. The van der Waals surface area contributed by atoms with Gasteiger partial charge < -0.3 is 10.7 Å². The van der Waals surface area contributed by atoms with E-state index in [1.165, 1.54) is 13.8 Å². The highest BCUT2D eigenvalue weighted by molar-refractivity contribution is 6.05. The molecule has 2 nitrogen and oxygen atoms in total. The molecule has 0 saturated heterocycles. The summed E-state index contributed by atoms with van der Waals surface area (Å²) >= 11 is 0. The minimum Gasteiger partial charge on any atom is -0.308 e. The molecule has 0 aliphatic heterocycles. The Morgan fingerprint density at radius 3 is 2.23 bits per heavy atom. The molecule has 0 spiro atoms. The van der Waals surface area contributed by atoms with E-state index in [1.807, 2.05) is 0 Å². The van der Waals surface area contributed by atoms with E-state index in [2.05, 4.69) is 5.32 Å². The summed E-state index contributed by atoms with van der Waals surface area (Å²) in [5, 5.41) is 10.3. The molecule has 72 valence electrons. The zero-order valence-electron chi connectivity index (χ0n) is 7.83. The van der Waals surface area contributed by atoms with Crippen LogP contribution in [0.15, 0.2) is 22.8 Å². The summed E-state index contributed by atoms with van der Waals surface area (Å²) in [6, 6.07) is -0.500. The quantitative estimate of drug-likeness (QED) is 0.646. The third-order valence-electron chi connectivity index (χ3n) is 2.28. The van der Waals surface area contributed by atoms with Crippen molar-refractivity contribution in [3.05, 3.63) is 22.8 Å². The molecule has 0 aromatic heterocycles. The van der Waals surface area contributed by atoms with E-state index in [1.54, 1.807) is 7.05 Å². The summed E-state index contributed by atoms with van der Waals surface area (Å²) in [5.41, 5.74) is 0.400. The van der Waals surface area contributed by atoms with Crippen molar-refractivity contribution in [2.45, 2.75) is 19.9 Å². The Balaban J connectivity index is 3.23. The van der Waals surface area contributed by atoms with Crippen LogP contribution < -0.4 is 5.32 Å². The average molecular weight is 186 g/mol. The fourth-order valence-corrected chi connectivity index (χ4v) is 1.38.